The fraction of sp³-hybridized carbons (Fsp3) is 0.633. The number of benzene rings is 1. The highest BCUT2D eigenvalue weighted by molar-refractivity contribution is 6.49. The lowest BCUT2D eigenvalue weighted by Crippen LogP contribution is -2.43. The molecule has 2 aromatic rings. The van der Waals surface area contributed by atoms with Gasteiger partial charge in [0.15, 0.2) is 5.88 Å². The molecular weight excluding hydrogens is 448 g/mol. The standard InChI is InChI=1S/C30H46N2O2Si/c1-21-9-7-8-10-25(21)26-15-16-32(19-24(26)20-33)18-22-11-12-23-13-14-28(34-35(5)6)31-29(23)27(17-22)30(2,3)4/h7-10,13-14,22,24,26-27,33,35H,11-12,15-20H2,1-6H3/t22-,24?,26?,27-/m1/s1. The van der Waals surface area contributed by atoms with Gasteiger partial charge in [0.25, 0.3) is 0 Å². The number of aryl methyl sites for hydroxylation is 2. The Hall–Kier alpha value is -1.69. The molecule has 1 aliphatic carbocycles. The number of nitrogens with zero attached hydrogens (tertiary/aromatic N) is 2. The van der Waals surface area contributed by atoms with Crippen LogP contribution in [-0.2, 0) is 6.42 Å². The normalized spacial score (nSPS) is 25.8. The molecule has 0 bridgehead atoms. The predicted molar refractivity (Wildman–Crippen MR) is 148 cm³/mol. The van der Waals surface area contributed by atoms with E-state index in [4.69, 9.17) is 9.41 Å². The molecule has 1 aromatic heterocycles. The van der Waals surface area contributed by atoms with Gasteiger partial charge < -0.3 is 14.4 Å². The maximum absolute atomic E-state index is 10.3. The number of hydrogen-bond donors (Lipinski definition) is 1. The molecule has 192 valence electrons. The molecule has 0 radical (unpaired) electrons. The van der Waals surface area contributed by atoms with E-state index in [-0.39, 0.29) is 12.0 Å². The molecular formula is C30H46N2O2Si. The van der Waals surface area contributed by atoms with Crippen LogP contribution in [0.3, 0.4) is 0 Å². The van der Waals surface area contributed by atoms with Crippen LogP contribution in [0, 0.1) is 24.2 Å². The zero-order valence-corrected chi connectivity index (χ0v) is 23.9. The first-order valence-electron chi connectivity index (χ1n) is 13.7. The summed E-state index contributed by atoms with van der Waals surface area (Å²) in [5, 5.41) is 10.3. The van der Waals surface area contributed by atoms with Crippen molar-refractivity contribution in [3.8, 4) is 5.88 Å². The lowest BCUT2D eigenvalue weighted by atomic mass is 9.73. The van der Waals surface area contributed by atoms with Gasteiger partial charge in [0.2, 0.25) is 9.04 Å². The Kier molecular flexibility index (Phi) is 8.40. The molecule has 2 unspecified atom stereocenters. The molecule has 1 aliphatic heterocycles. The number of aromatic nitrogens is 1. The van der Waals surface area contributed by atoms with Crippen molar-refractivity contribution in [3.05, 3.63) is 58.8 Å². The Labute approximate surface area is 214 Å². The van der Waals surface area contributed by atoms with E-state index in [2.05, 4.69) is 82.1 Å². The van der Waals surface area contributed by atoms with Crippen LogP contribution in [-0.4, -0.2) is 50.3 Å². The second-order valence-corrected chi connectivity index (χ2v) is 14.7. The van der Waals surface area contributed by atoms with Gasteiger partial charge in [0.05, 0.1) is 5.69 Å². The van der Waals surface area contributed by atoms with Crippen molar-refractivity contribution >= 4 is 9.04 Å². The summed E-state index contributed by atoms with van der Waals surface area (Å²) in [6.45, 7) is 17.2. The third-order valence-corrected chi connectivity index (χ3v) is 8.98. The van der Waals surface area contributed by atoms with Crippen LogP contribution in [0.2, 0.25) is 13.1 Å². The van der Waals surface area contributed by atoms with Crippen LogP contribution in [0.4, 0.5) is 0 Å². The molecule has 1 fully saturated rings. The minimum Gasteiger partial charge on any atom is -0.534 e. The second-order valence-electron chi connectivity index (χ2n) is 12.4. The molecule has 1 aromatic carbocycles. The van der Waals surface area contributed by atoms with Crippen molar-refractivity contribution in [2.45, 2.75) is 78.3 Å². The topological polar surface area (TPSA) is 45.6 Å². The van der Waals surface area contributed by atoms with Crippen LogP contribution < -0.4 is 4.43 Å². The van der Waals surface area contributed by atoms with Gasteiger partial charge >= 0.3 is 0 Å². The summed E-state index contributed by atoms with van der Waals surface area (Å²) >= 11 is 0. The van der Waals surface area contributed by atoms with Gasteiger partial charge in [-0.15, -0.1) is 0 Å². The Morgan fingerprint density at radius 2 is 1.89 bits per heavy atom. The molecule has 4 atom stereocenters. The average molecular weight is 495 g/mol. The minimum absolute atomic E-state index is 0.156. The van der Waals surface area contributed by atoms with Crippen LogP contribution in [0.15, 0.2) is 36.4 Å². The van der Waals surface area contributed by atoms with Crippen molar-refractivity contribution in [1.29, 1.82) is 0 Å². The van der Waals surface area contributed by atoms with E-state index >= 15 is 0 Å². The summed E-state index contributed by atoms with van der Waals surface area (Å²) in [6, 6.07) is 13.1. The highest BCUT2D eigenvalue weighted by Crippen LogP contribution is 2.45. The quantitative estimate of drug-likeness (QED) is 0.399. The lowest BCUT2D eigenvalue weighted by molar-refractivity contribution is 0.0849. The summed E-state index contributed by atoms with van der Waals surface area (Å²) in [7, 11) is -1.18. The molecule has 5 heteroatoms. The summed E-state index contributed by atoms with van der Waals surface area (Å²) in [6.07, 6.45) is 4.62. The predicted octanol–water partition coefficient (Wildman–Crippen LogP) is 5.93. The smallest absolute Gasteiger partial charge is 0.231 e. The second kappa shape index (κ2) is 11.1. The maximum Gasteiger partial charge on any atom is 0.231 e. The average Bonchev–Trinajstić information content (AvgIpc) is 2.98. The fourth-order valence-electron chi connectivity index (χ4n) is 6.39. The number of hydrogen-bond acceptors (Lipinski definition) is 4. The van der Waals surface area contributed by atoms with Gasteiger partial charge in [-0.05, 0) is 92.3 Å². The SMILES string of the molecule is Cc1ccccc1C1CCN(C[C@@H]2CCc3ccc(O[SiH](C)C)nc3[C@H](C(C)(C)C)C2)CC1CO. The van der Waals surface area contributed by atoms with E-state index in [1.54, 1.807) is 0 Å². The van der Waals surface area contributed by atoms with Gasteiger partial charge in [-0.2, -0.15) is 0 Å². The highest BCUT2D eigenvalue weighted by Gasteiger charge is 2.36. The van der Waals surface area contributed by atoms with E-state index in [1.165, 1.54) is 35.2 Å². The first-order valence-corrected chi connectivity index (χ1v) is 16.5. The third-order valence-electron chi connectivity index (χ3n) is 8.27. The zero-order chi connectivity index (χ0) is 25.2. The molecule has 0 saturated carbocycles. The van der Waals surface area contributed by atoms with Crippen molar-refractivity contribution in [2.75, 3.05) is 26.2 Å². The molecule has 4 rings (SSSR count). The Bertz CT molecular complexity index is 987. The zero-order valence-electron chi connectivity index (χ0n) is 22.8. The van der Waals surface area contributed by atoms with Crippen LogP contribution in [0.1, 0.15) is 74.3 Å². The van der Waals surface area contributed by atoms with Gasteiger partial charge in [0.1, 0.15) is 0 Å². The van der Waals surface area contributed by atoms with Crippen molar-refractivity contribution < 1.29 is 9.53 Å². The molecule has 4 nitrogen and oxygen atoms in total. The number of rotatable bonds is 6. The van der Waals surface area contributed by atoms with E-state index in [0.29, 0.717) is 23.7 Å². The van der Waals surface area contributed by atoms with E-state index in [0.717, 1.165) is 38.4 Å². The number of fused-ring (bicyclic) bond motifs is 1. The number of pyridine rings is 1. The minimum atomic E-state index is -1.18. The van der Waals surface area contributed by atoms with Gasteiger partial charge in [0, 0.05) is 31.5 Å². The van der Waals surface area contributed by atoms with E-state index in [1.807, 2.05) is 0 Å². The number of aliphatic hydroxyl groups excluding tert-OH is 1. The highest BCUT2D eigenvalue weighted by atomic mass is 28.3. The van der Waals surface area contributed by atoms with Crippen molar-refractivity contribution in [3.63, 3.8) is 0 Å². The van der Waals surface area contributed by atoms with Gasteiger partial charge in [-0.3, -0.25) is 0 Å². The maximum atomic E-state index is 10.3. The molecule has 0 spiro atoms. The van der Waals surface area contributed by atoms with E-state index in [9.17, 15) is 5.11 Å². The van der Waals surface area contributed by atoms with Crippen LogP contribution in [0.5, 0.6) is 5.88 Å². The summed E-state index contributed by atoms with van der Waals surface area (Å²) in [5.74, 6) is 2.67. The van der Waals surface area contributed by atoms with Crippen molar-refractivity contribution in [2.24, 2.45) is 17.3 Å². The number of aliphatic hydroxyl groups is 1. The summed E-state index contributed by atoms with van der Waals surface area (Å²) in [4.78, 5) is 7.73. The lowest BCUT2D eigenvalue weighted by Gasteiger charge is -2.40. The monoisotopic (exact) mass is 494 g/mol. The first kappa shape index (κ1) is 26.4. The van der Waals surface area contributed by atoms with Crippen molar-refractivity contribution in [1.82, 2.24) is 9.88 Å². The van der Waals surface area contributed by atoms with Crippen LogP contribution >= 0.6 is 0 Å². The van der Waals surface area contributed by atoms with Gasteiger partial charge in [-0.25, -0.2) is 4.98 Å². The Morgan fingerprint density at radius 1 is 1.11 bits per heavy atom. The molecule has 1 N–H and O–H groups in total. The Balaban J connectivity index is 1.48. The molecule has 2 heterocycles. The van der Waals surface area contributed by atoms with E-state index < -0.39 is 9.04 Å². The largest absolute Gasteiger partial charge is 0.534 e. The fourth-order valence-corrected chi connectivity index (χ4v) is 7.01. The third kappa shape index (κ3) is 6.36. The first-order chi connectivity index (χ1) is 16.7. The Morgan fingerprint density at radius 3 is 2.57 bits per heavy atom. The summed E-state index contributed by atoms with van der Waals surface area (Å²) in [5.41, 5.74) is 5.63. The number of likely N-dealkylation sites (tertiary alicyclic amines) is 1. The molecule has 1 saturated heterocycles. The van der Waals surface area contributed by atoms with Crippen LogP contribution in [0.25, 0.3) is 0 Å². The molecule has 0 amide bonds. The molecule has 35 heavy (non-hydrogen) atoms. The summed E-state index contributed by atoms with van der Waals surface area (Å²) < 4.78 is 6.11. The molecule has 2 aliphatic rings. The van der Waals surface area contributed by atoms with Gasteiger partial charge in [-0.1, -0.05) is 51.1 Å². The number of piperidine rings is 1.